The van der Waals surface area contributed by atoms with Crippen LogP contribution in [0, 0.1) is 13.8 Å². The van der Waals surface area contributed by atoms with Gasteiger partial charge < -0.3 is 16.0 Å². The molecule has 19 heavy (non-hydrogen) atoms. The van der Waals surface area contributed by atoms with Gasteiger partial charge in [-0.3, -0.25) is 4.79 Å². The number of nitrogens with two attached hydrogens (primary N) is 1. The normalized spacial score (nSPS) is 10.2. The molecule has 0 aliphatic rings. The molecule has 6 nitrogen and oxygen atoms in total. The van der Waals surface area contributed by atoms with Crippen LogP contribution in [0.4, 0.5) is 11.5 Å². The van der Waals surface area contributed by atoms with Crippen LogP contribution in [0.25, 0.3) is 5.70 Å². The maximum absolute atomic E-state index is 11.9. The summed E-state index contributed by atoms with van der Waals surface area (Å²) in [5, 5.41) is 2.95. The van der Waals surface area contributed by atoms with Crippen LogP contribution in [0.2, 0.25) is 0 Å². The highest BCUT2D eigenvalue weighted by Gasteiger charge is 2.07. The number of aromatic amines is 1. The van der Waals surface area contributed by atoms with Crippen molar-refractivity contribution in [1.82, 2.24) is 15.0 Å². The van der Waals surface area contributed by atoms with Crippen LogP contribution in [-0.2, 0) is 0 Å². The first-order valence-electron chi connectivity index (χ1n) is 5.71. The number of hydrogen-bond acceptors (Lipinski definition) is 5. The van der Waals surface area contributed by atoms with E-state index in [1.165, 1.54) is 6.33 Å². The molecule has 4 N–H and O–H groups in total. The molecular weight excluding hydrogens is 242 g/mol. The van der Waals surface area contributed by atoms with Crippen molar-refractivity contribution in [3.8, 4) is 0 Å². The van der Waals surface area contributed by atoms with Gasteiger partial charge in [0.2, 0.25) is 0 Å². The summed E-state index contributed by atoms with van der Waals surface area (Å²) in [6, 6.07) is 3.47. The maximum atomic E-state index is 11.9. The number of hydrogen-bond donors (Lipinski definition) is 3. The van der Waals surface area contributed by atoms with E-state index in [1.807, 2.05) is 13.8 Å². The summed E-state index contributed by atoms with van der Waals surface area (Å²) in [6.45, 7) is 7.32. The molecule has 0 atom stereocenters. The third-order valence-electron chi connectivity index (χ3n) is 2.63. The highest BCUT2D eigenvalue weighted by atomic mass is 16.1. The summed E-state index contributed by atoms with van der Waals surface area (Å²) < 4.78 is 0. The quantitative estimate of drug-likeness (QED) is 0.773. The first-order chi connectivity index (χ1) is 8.97. The van der Waals surface area contributed by atoms with E-state index >= 15 is 0 Å². The molecule has 0 bridgehead atoms. The van der Waals surface area contributed by atoms with Crippen molar-refractivity contribution in [1.29, 1.82) is 0 Å². The molecule has 2 aromatic heterocycles. The Bertz CT molecular complexity index is 690. The summed E-state index contributed by atoms with van der Waals surface area (Å²) in [7, 11) is 0. The molecule has 0 radical (unpaired) electrons. The highest BCUT2D eigenvalue weighted by molar-refractivity contribution is 5.64. The number of nitrogens with zero attached hydrogens (tertiary/aromatic N) is 2. The van der Waals surface area contributed by atoms with Gasteiger partial charge in [-0.25, -0.2) is 9.97 Å². The van der Waals surface area contributed by atoms with Crippen LogP contribution in [0.15, 0.2) is 29.8 Å². The van der Waals surface area contributed by atoms with Gasteiger partial charge in [-0.15, -0.1) is 0 Å². The molecule has 0 saturated carbocycles. The molecule has 0 aliphatic carbocycles. The van der Waals surface area contributed by atoms with Crippen LogP contribution >= 0.6 is 0 Å². The zero-order chi connectivity index (χ0) is 14.0. The standard InChI is InChI=1S/C13H15N5O/c1-7-4-10(13(19)18-12(7)9(3)14)17-11-5-8(2)15-6-16-11/h4-6H,3,14H2,1-2H3,(H,18,19)(H,15,16,17). The summed E-state index contributed by atoms with van der Waals surface area (Å²) in [6.07, 6.45) is 1.44. The van der Waals surface area contributed by atoms with Gasteiger partial charge in [0.15, 0.2) is 0 Å². The maximum Gasteiger partial charge on any atom is 0.272 e. The van der Waals surface area contributed by atoms with E-state index in [2.05, 4.69) is 26.8 Å². The zero-order valence-electron chi connectivity index (χ0n) is 10.8. The van der Waals surface area contributed by atoms with E-state index in [0.717, 1.165) is 11.3 Å². The number of pyridine rings is 1. The molecule has 0 aliphatic heterocycles. The SMILES string of the molecule is C=C(N)c1[nH]c(=O)c(Nc2cc(C)ncn2)cc1C. The molecule has 2 rings (SSSR count). The van der Waals surface area contributed by atoms with Crippen molar-refractivity contribution >= 4 is 17.2 Å². The molecule has 0 amide bonds. The minimum atomic E-state index is -0.275. The molecule has 0 fully saturated rings. The van der Waals surface area contributed by atoms with Crippen LogP contribution in [-0.4, -0.2) is 15.0 Å². The van der Waals surface area contributed by atoms with Crippen molar-refractivity contribution in [3.63, 3.8) is 0 Å². The van der Waals surface area contributed by atoms with Crippen molar-refractivity contribution in [3.05, 3.63) is 52.3 Å². The van der Waals surface area contributed by atoms with E-state index in [4.69, 9.17) is 5.73 Å². The first-order valence-corrected chi connectivity index (χ1v) is 5.71. The second-order valence-electron chi connectivity index (χ2n) is 4.27. The fraction of sp³-hybridized carbons (Fsp3) is 0.154. The van der Waals surface area contributed by atoms with E-state index in [-0.39, 0.29) is 5.56 Å². The predicted molar refractivity (Wildman–Crippen MR) is 75.1 cm³/mol. The monoisotopic (exact) mass is 257 g/mol. The molecule has 0 unspecified atom stereocenters. The van der Waals surface area contributed by atoms with Gasteiger partial charge in [0.05, 0.1) is 5.69 Å². The summed E-state index contributed by atoms with van der Waals surface area (Å²) in [5.74, 6) is 0.566. The van der Waals surface area contributed by atoms with E-state index in [1.54, 1.807) is 12.1 Å². The Labute approximate surface area is 110 Å². The summed E-state index contributed by atoms with van der Waals surface area (Å²) in [4.78, 5) is 22.7. The Hall–Kier alpha value is -2.63. The fourth-order valence-corrected chi connectivity index (χ4v) is 1.72. The lowest BCUT2D eigenvalue weighted by molar-refractivity contribution is 1.09. The number of H-pyrrole nitrogens is 1. The number of anilines is 2. The van der Waals surface area contributed by atoms with Crippen molar-refractivity contribution < 1.29 is 0 Å². The average Bonchev–Trinajstić information content (AvgIpc) is 2.33. The molecular formula is C13H15N5O. The van der Waals surface area contributed by atoms with E-state index in [9.17, 15) is 4.79 Å². The van der Waals surface area contributed by atoms with Crippen molar-refractivity contribution in [2.45, 2.75) is 13.8 Å². The molecule has 0 saturated heterocycles. The molecule has 0 aromatic carbocycles. The summed E-state index contributed by atoms with van der Waals surface area (Å²) >= 11 is 0. The second-order valence-corrected chi connectivity index (χ2v) is 4.27. The average molecular weight is 257 g/mol. The zero-order valence-corrected chi connectivity index (χ0v) is 10.8. The topological polar surface area (TPSA) is 96.7 Å². The minimum Gasteiger partial charge on any atom is -0.398 e. The number of rotatable bonds is 3. The van der Waals surface area contributed by atoms with Crippen molar-refractivity contribution in [2.75, 3.05) is 5.32 Å². The first kappa shape index (κ1) is 12.8. The van der Waals surface area contributed by atoms with Crippen LogP contribution in [0.5, 0.6) is 0 Å². The largest absolute Gasteiger partial charge is 0.398 e. The third-order valence-corrected chi connectivity index (χ3v) is 2.63. The Kier molecular flexibility index (Phi) is 3.33. The number of aryl methyl sites for hydroxylation is 2. The minimum absolute atomic E-state index is 0.275. The van der Waals surface area contributed by atoms with Crippen LogP contribution in [0.1, 0.15) is 17.0 Å². The predicted octanol–water partition coefficient (Wildman–Crippen LogP) is 1.45. The van der Waals surface area contributed by atoms with Crippen LogP contribution < -0.4 is 16.6 Å². The van der Waals surface area contributed by atoms with Crippen LogP contribution in [0.3, 0.4) is 0 Å². The van der Waals surface area contributed by atoms with E-state index < -0.39 is 0 Å². The van der Waals surface area contributed by atoms with Crippen molar-refractivity contribution in [2.24, 2.45) is 5.73 Å². The lowest BCUT2D eigenvalue weighted by Crippen LogP contribution is -2.16. The Balaban J connectivity index is 2.39. The third kappa shape index (κ3) is 2.79. The Morgan fingerprint density at radius 2 is 2.11 bits per heavy atom. The molecule has 98 valence electrons. The van der Waals surface area contributed by atoms with Gasteiger partial charge in [0.25, 0.3) is 5.56 Å². The van der Waals surface area contributed by atoms with Gasteiger partial charge in [0.1, 0.15) is 17.8 Å². The van der Waals surface area contributed by atoms with Gasteiger partial charge in [-0.05, 0) is 25.5 Å². The number of nitrogens with one attached hydrogen (secondary N) is 2. The fourth-order valence-electron chi connectivity index (χ4n) is 1.72. The second kappa shape index (κ2) is 4.93. The Morgan fingerprint density at radius 3 is 2.74 bits per heavy atom. The van der Waals surface area contributed by atoms with E-state index in [0.29, 0.717) is 22.9 Å². The molecule has 2 aromatic rings. The highest BCUT2D eigenvalue weighted by Crippen LogP contribution is 2.15. The Morgan fingerprint density at radius 1 is 1.37 bits per heavy atom. The smallest absolute Gasteiger partial charge is 0.272 e. The van der Waals surface area contributed by atoms with Gasteiger partial charge in [-0.1, -0.05) is 6.58 Å². The molecule has 2 heterocycles. The van der Waals surface area contributed by atoms with Gasteiger partial charge >= 0.3 is 0 Å². The number of aromatic nitrogens is 3. The van der Waals surface area contributed by atoms with Gasteiger partial charge in [-0.2, -0.15) is 0 Å². The molecule has 0 spiro atoms. The lowest BCUT2D eigenvalue weighted by Gasteiger charge is -2.09. The lowest BCUT2D eigenvalue weighted by atomic mass is 10.1. The summed E-state index contributed by atoms with van der Waals surface area (Å²) in [5.41, 5.74) is 8.26. The molecule has 6 heteroatoms. The van der Waals surface area contributed by atoms with Gasteiger partial charge in [0, 0.05) is 17.5 Å².